The van der Waals surface area contributed by atoms with Crippen molar-refractivity contribution < 1.29 is 14.7 Å². The van der Waals surface area contributed by atoms with Crippen molar-refractivity contribution in [3.05, 3.63) is 0 Å². The molecule has 88 valence electrons. The summed E-state index contributed by atoms with van der Waals surface area (Å²) in [7, 11) is 0. The summed E-state index contributed by atoms with van der Waals surface area (Å²) in [6, 6.07) is -0.119. The number of rotatable bonds is 4. The molecule has 0 heterocycles. The quantitative estimate of drug-likeness (QED) is 0.777. The smallest absolute Gasteiger partial charge is 0.329 e. The minimum absolute atomic E-state index is 0.119. The van der Waals surface area contributed by atoms with Gasteiger partial charge in [0.2, 0.25) is 5.91 Å². The highest BCUT2D eigenvalue weighted by Gasteiger charge is 2.45. The van der Waals surface area contributed by atoms with Gasteiger partial charge in [-0.1, -0.05) is 13.8 Å². The number of carbonyl (C=O) groups is 2. The van der Waals surface area contributed by atoms with Crippen molar-refractivity contribution in [1.82, 2.24) is 4.90 Å². The van der Waals surface area contributed by atoms with Gasteiger partial charge >= 0.3 is 5.97 Å². The zero-order valence-corrected chi connectivity index (χ0v) is 10.4. The Kier molecular flexibility index (Phi) is 4.31. The van der Waals surface area contributed by atoms with E-state index in [0.717, 1.165) is 0 Å². The van der Waals surface area contributed by atoms with Crippen molar-refractivity contribution >= 4 is 11.9 Å². The Morgan fingerprint density at radius 2 is 1.60 bits per heavy atom. The molecular formula is C11H21NO3. The second kappa shape index (κ2) is 4.64. The Morgan fingerprint density at radius 1 is 1.20 bits per heavy atom. The molecule has 4 heteroatoms. The fraction of sp³-hybridized carbons (Fsp3) is 0.818. The summed E-state index contributed by atoms with van der Waals surface area (Å²) in [5.41, 5.74) is -1.14. The molecule has 0 saturated heterocycles. The first-order valence-corrected chi connectivity index (χ1v) is 5.19. The van der Waals surface area contributed by atoms with E-state index in [2.05, 4.69) is 0 Å². The van der Waals surface area contributed by atoms with E-state index in [9.17, 15) is 14.7 Å². The SMILES string of the molecule is CC(=O)N(C(C)C)C(C)(C(=O)O)C(C)C. The van der Waals surface area contributed by atoms with Crippen LogP contribution in [-0.2, 0) is 9.59 Å². The summed E-state index contributed by atoms with van der Waals surface area (Å²) in [6.07, 6.45) is 0. The number of carboxylic acids is 1. The summed E-state index contributed by atoms with van der Waals surface area (Å²) in [6.45, 7) is 10.3. The Morgan fingerprint density at radius 3 is 1.67 bits per heavy atom. The van der Waals surface area contributed by atoms with E-state index in [1.807, 2.05) is 27.7 Å². The second-order valence-electron chi connectivity index (χ2n) is 4.59. The van der Waals surface area contributed by atoms with E-state index in [-0.39, 0.29) is 17.9 Å². The van der Waals surface area contributed by atoms with Gasteiger partial charge in [-0.3, -0.25) is 4.79 Å². The topological polar surface area (TPSA) is 57.6 Å². The largest absolute Gasteiger partial charge is 0.479 e. The third-order valence-corrected chi connectivity index (χ3v) is 2.91. The molecule has 1 unspecified atom stereocenters. The molecule has 0 fully saturated rings. The maximum atomic E-state index is 11.5. The van der Waals surface area contributed by atoms with Crippen LogP contribution < -0.4 is 0 Å². The van der Waals surface area contributed by atoms with E-state index in [4.69, 9.17) is 0 Å². The molecule has 1 atom stereocenters. The van der Waals surface area contributed by atoms with Crippen molar-refractivity contribution in [2.75, 3.05) is 0 Å². The van der Waals surface area contributed by atoms with Gasteiger partial charge in [-0.25, -0.2) is 4.79 Å². The Hall–Kier alpha value is -1.06. The van der Waals surface area contributed by atoms with Gasteiger partial charge in [-0.05, 0) is 26.7 Å². The van der Waals surface area contributed by atoms with Crippen LogP contribution in [-0.4, -0.2) is 33.5 Å². The van der Waals surface area contributed by atoms with Crippen LogP contribution in [0.4, 0.5) is 0 Å². The van der Waals surface area contributed by atoms with Crippen LogP contribution >= 0.6 is 0 Å². The molecule has 0 rings (SSSR count). The molecule has 0 aliphatic rings. The van der Waals surface area contributed by atoms with Crippen molar-refractivity contribution in [2.24, 2.45) is 5.92 Å². The van der Waals surface area contributed by atoms with E-state index < -0.39 is 11.5 Å². The van der Waals surface area contributed by atoms with Gasteiger partial charge in [0.1, 0.15) is 5.54 Å². The highest BCUT2D eigenvalue weighted by Crippen LogP contribution is 2.27. The first-order valence-electron chi connectivity index (χ1n) is 5.19. The predicted octanol–water partition coefficient (Wildman–Crippen LogP) is 1.74. The summed E-state index contributed by atoms with van der Waals surface area (Å²) in [4.78, 5) is 24.3. The Balaban J connectivity index is 5.39. The van der Waals surface area contributed by atoms with Gasteiger partial charge in [0.05, 0.1) is 0 Å². The molecule has 0 saturated carbocycles. The zero-order valence-electron chi connectivity index (χ0n) is 10.4. The van der Waals surface area contributed by atoms with Gasteiger partial charge in [0.15, 0.2) is 0 Å². The fourth-order valence-electron chi connectivity index (χ4n) is 1.86. The van der Waals surface area contributed by atoms with Crippen molar-refractivity contribution in [1.29, 1.82) is 0 Å². The lowest BCUT2D eigenvalue weighted by molar-refractivity contribution is -0.163. The van der Waals surface area contributed by atoms with Gasteiger partial charge in [0, 0.05) is 13.0 Å². The normalized spacial score (nSPS) is 15.2. The molecule has 0 radical (unpaired) electrons. The van der Waals surface area contributed by atoms with E-state index >= 15 is 0 Å². The van der Waals surface area contributed by atoms with Crippen LogP contribution in [0.1, 0.15) is 41.5 Å². The number of hydrogen-bond donors (Lipinski definition) is 1. The molecule has 0 aliphatic carbocycles. The van der Waals surface area contributed by atoms with Crippen LogP contribution in [0.15, 0.2) is 0 Å². The van der Waals surface area contributed by atoms with Gasteiger partial charge in [0.25, 0.3) is 0 Å². The average molecular weight is 215 g/mol. The predicted molar refractivity (Wildman–Crippen MR) is 58.5 cm³/mol. The van der Waals surface area contributed by atoms with E-state index in [1.165, 1.54) is 11.8 Å². The molecule has 0 aliphatic heterocycles. The van der Waals surface area contributed by atoms with Gasteiger partial charge in [-0.15, -0.1) is 0 Å². The van der Waals surface area contributed by atoms with Crippen molar-refractivity contribution in [2.45, 2.75) is 53.1 Å². The van der Waals surface area contributed by atoms with Crippen LogP contribution in [0.2, 0.25) is 0 Å². The first-order chi connectivity index (χ1) is 6.65. The summed E-state index contributed by atoms with van der Waals surface area (Å²) in [5.74, 6) is -1.30. The molecule has 15 heavy (non-hydrogen) atoms. The molecule has 0 bridgehead atoms. The van der Waals surface area contributed by atoms with Crippen LogP contribution in [0.5, 0.6) is 0 Å². The van der Waals surface area contributed by atoms with Crippen molar-refractivity contribution in [3.63, 3.8) is 0 Å². The number of aliphatic carboxylic acids is 1. The fourth-order valence-corrected chi connectivity index (χ4v) is 1.86. The average Bonchev–Trinajstić information content (AvgIpc) is 2.01. The maximum Gasteiger partial charge on any atom is 0.329 e. The molecule has 0 aromatic rings. The summed E-state index contributed by atoms with van der Waals surface area (Å²) < 4.78 is 0. The number of nitrogens with zero attached hydrogens (tertiary/aromatic N) is 1. The van der Waals surface area contributed by atoms with E-state index in [0.29, 0.717) is 0 Å². The van der Waals surface area contributed by atoms with Crippen LogP contribution in [0, 0.1) is 5.92 Å². The number of hydrogen-bond acceptors (Lipinski definition) is 2. The Labute approximate surface area is 91.3 Å². The maximum absolute atomic E-state index is 11.5. The molecule has 0 aromatic heterocycles. The molecule has 0 aromatic carbocycles. The van der Waals surface area contributed by atoms with Crippen molar-refractivity contribution in [3.8, 4) is 0 Å². The molecule has 4 nitrogen and oxygen atoms in total. The summed E-state index contributed by atoms with van der Waals surface area (Å²) >= 11 is 0. The van der Waals surface area contributed by atoms with Gasteiger partial charge < -0.3 is 10.0 Å². The van der Waals surface area contributed by atoms with Crippen LogP contribution in [0.3, 0.4) is 0 Å². The first kappa shape index (κ1) is 13.9. The highest BCUT2D eigenvalue weighted by molar-refractivity contribution is 5.86. The second-order valence-corrected chi connectivity index (χ2v) is 4.59. The lowest BCUT2D eigenvalue weighted by atomic mass is 9.85. The molecule has 1 amide bonds. The third kappa shape index (κ3) is 2.49. The summed E-state index contributed by atoms with van der Waals surface area (Å²) in [5, 5.41) is 9.28. The monoisotopic (exact) mass is 215 g/mol. The third-order valence-electron chi connectivity index (χ3n) is 2.91. The molecule has 0 spiro atoms. The molecule has 1 N–H and O–H groups in total. The standard InChI is InChI=1S/C11H21NO3/c1-7(2)11(6,10(14)15)12(8(3)4)9(5)13/h7-8H,1-6H3,(H,14,15). The lowest BCUT2D eigenvalue weighted by Gasteiger charge is -2.43. The van der Waals surface area contributed by atoms with E-state index in [1.54, 1.807) is 6.92 Å². The lowest BCUT2D eigenvalue weighted by Crippen LogP contribution is -2.60. The molecular weight excluding hydrogens is 194 g/mol. The zero-order chi connectivity index (χ0) is 12.4. The van der Waals surface area contributed by atoms with Crippen LogP contribution in [0.25, 0.3) is 0 Å². The highest BCUT2D eigenvalue weighted by atomic mass is 16.4. The minimum atomic E-state index is -1.14. The number of carbonyl (C=O) groups excluding carboxylic acids is 1. The number of carboxylic acid groups (broad SMARTS) is 1. The Bertz CT molecular complexity index is 261. The van der Waals surface area contributed by atoms with Gasteiger partial charge in [-0.2, -0.15) is 0 Å². The number of amides is 1. The minimum Gasteiger partial charge on any atom is -0.479 e.